The van der Waals surface area contributed by atoms with Crippen molar-refractivity contribution in [2.24, 2.45) is 0 Å². The number of amides is 2. The molecular formula is C23H19ClN2O4S. The van der Waals surface area contributed by atoms with E-state index in [9.17, 15) is 9.59 Å². The number of aryl methyl sites for hydroxylation is 1. The molecule has 1 aliphatic rings. The van der Waals surface area contributed by atoms with Crippen LogP contribution in [0, 0.1) is 6.92 Å². The van der Waals surface area contributed by atoms with Gasteiger partial charge >= 0.3 is 0 Å². The first kappa shape index (κ1) is 21.0. The number of imide groups is 1. The van der Waals surface area contributed by atoms with Crippen LogP contribution >= 0.6 is 22.9 Å². The monoisotopic (exact) mass is 454 g/mol. The second-order valence-corrected chi connectivity index (χ2v) is 8.18. The molecule has 0 bridgehead atoms. The van der Waals surface area contributed by atoms with Gasteiger partial charge in [-0.25, -0.2) is 4.90 Å². The van der Waals surface area contributed by atoms with Crippen molar-refractivity contribution in [3.05, 3.63) is 75.1 Å². The Bertz CT molecular complexity index is 1200. The van der Waals surface area contributed by atoms with Gasteiger partial charge in [-0.3, -0.25) is 9.59 Å². The average Bonchev–Trinajstić information content (AvgIpc) is 3.35. The van der Waals surface area contributed by atoms with E-state index in [1.165, 1.54) is 25.6 Å². The van der Waals surface area contributed by atoms with Gasteiger partial charge in [-0.1, -0.05) is 23.7 Å². The first-order valence-corrected chi connectivity index (χ1v) is 10.6. The van der Waals surface area contributed by atoms with Crippen LogP contribution in [0.5, 0.6) is 11.5 Å². The molecule has 0 radical (unpaired) electrons. The predicted molar refractivity (Wildman–Crippen MR) is 123 cm³/mol. The van der Waals surface area contributed by atoms with Crippen molar-refractivity contribution < 1.29 is 19.1 Å². The number of rotatable bonds is 6. The second-order valence-electron chi connectivity index (χ2n) is 6.82. The molecule has 0 fully saturated rings. The van der Waals surface area contributed by atoms with Crippen LogP contribution in [0.2, 0.25) is 5.02 Å². The molecule has 6 nitrogen and oxygen atoms in total. The standard InChI is InChI=1S/C23H19ClN2O4S/c1-13-6-8-18(30-3)16(11-13)26-22(27)20(19-5-4-10-31-19)21(23(26)28)25-14-7-9-17(29-2)15(24)12-14/h4-12,25H,1-3H3. The number of benzene rings is 2. The molecule has 31 heavy (non-hydrogen) atoms. The van der Waals surface area contributed by atoms with Gasteiger partial charge in [-0.15, -0.1) is 11.3 Å². The van der Waals surface area contributed by atoms with Crippen LogP contribution in [-0.4, -0.2) is 26.0 Å². The Morgan fingerprint density at radius 3 is 2.35 bits per heavy atom. The second kappa shape index (κ2) is 8.45. The lowest BCUT2D eigenvalue weighted by atomic mass is 10.1. The number of hydrogen-bond donors (Lipinski definition) is 1. The Morgan fingerprint density at radius 1 is 0.968 bits per heavy atom. The third-order valence-electron chi connectivity index (χ3n) is 4.85. The molecule has 2 amide bonds. The lowest BCUT2D eigenvalue weighted by Crippen LogP contribution is -2.32. The number of methoxy groups -OCH3 is 2. The predicted octanol–water partition coefficient (Wildman–Crippen LogP) is 5.12. The number of carbonyl (C=O) groups excluding carboxylic acids is 2. The number of nitrogens with zero attached hydrogens (tertiary/aromatic N) is 1. The maximum Gasteiger partial charge on any atom is 0.282 e. The van der Waals surface area contributed by atoms with E-state index < -0.39 is 11.8 Å². The summed E-state index contributed by atoms with van der Waals surface area (Å²) < 4.78 is 10.6. The highest BCUT2D eigenvalue weighted by molar-refractivity contribution is 7.11. The van der Waals surface area contributed by atoms with Gasteiger partial charge in [0.05, 0.1) is 30.5 Å². The van der Waals surface area contributed by atoms with Crippen LogP contribution < -0.4 is 19.7 Å². The normalized spacial score (nSPS) is 13.7. The Hall–Kier alpha value is -3.29. The summed E-state index contributed by atoms with van der Waals surface area (Å²) in [5.74, 6) is 0.0638. The van der Waals surface area contributed by atoms with Gasteiger partial charge in [0.2, 0.25) is 0 Å². The quantitative estimate of drug-likeness (QED) is 0.523. The summed E-state index contributed by atoms with van der Waals surface area (Å²) >= 11 is 7.62. The molecule has 2 heterocycles. The van der Waals surface area contributed by atoms with Crippen LogP contribution in [0.25, 0.3) is 5.57 Å². The maximum absolute atomic E-state index is 13.5. The molecular weight excluding hydrogens is 436 g/mol. The Labute approximate surface area is 188 Å². The van der Waals surface area contributed by atoms with Gasteiger partial charge in [0.1, 0.15) is 17.2 Å². The largest absolute Gasteiger partial charge is 0.495 e. The molecule has 3 aromatic rings. The van der Waals surface area contributed by atoms with Crippen molar-refractivity contribution in [3.63, 3.8) is 0 Å². The fourth-order valence-electron chi connectivity index (χ4n) is 3.38. The van der Waals surface area contributed by atoms with E-state index in [1.54, 1.807) is 30.3 Å². The SMILES string of the molecule is COc1ccc(NC2=C(c3cccs3)C(=O)N(c3cc(C)ccc3OC)C2=O)cc1Cl. The number of ether oxygens (including phenoxy) is 2. The van der Waals surface area contributed by atoms with Crippen molar-refractivity contribution >= 4 is 51.7 Å². The molecule has 0 saturated heterocycles. The molecule has 1 N–H and O–H groups in total. The number of anilines is 2. The molecule has 8 heteroatoms. The number of hydrogen-bond acceptors (Lipinski definition) is 6. The van der Waals surface area contributed by atoms with Crippen molar-refractivity contribution in [1.82, 2.24) is 0 Å². The highest BCUT2D eigenvalue weighted by atomic mass is 35.5. The van der Waals surface area contributed by atoms with Gasteiger partial charge in [0.15, 0.2) is 0 Å². The van der Waals surface area contributed by atoms with Gasteiger partial charge in [-0.05, 0) is 54.3 Å². The topological polar surface area (TPSA) is 67.9 Å². The molecule has 0 unspecified atom stereocenters. The van der Waals surface area contributed by atoms with E-state index in [2.05, 4.69) is 5.32 Å². The summed E-state index contributed by atoms with van der Waals surface area (Å²) in [6.45, 7) is 1.89. The van der Waals surface area contributed by atoms with Crippen LogP contribution in [0.15, 0.2) is 59.6 Å². The summed E-state index contributed by atoms with van der Waals surface area (Å²) in [6, 6.07) is 14.1. The summed E-state index contributed by atoms with van der Waals surface area (Å²) in [5, 5.41) is 5.34. The van der Waals surface area contributed by atoms with E-state index >= 15 is 0 Å². The van der Waals surface area contributed by atoms with Gasteiger partial charge in [0.25, 0.3) is 11.8 Å². The van der Waals surface area contributed by atoms with E-state index in [0.29, 0.717) is 38.3 Å². The van der Waals surface area contributed by atoms with E-state index in [-0.39, 0.29) is 5.70 Å². The summed E-state index contributed by atoms with van der Waals surface area (Å²) in [7, 11) is 3.03. The molecule has 0 spiro atoms. The van der Waals surface area contributed by atoms with Gasteiger partial charge in [0, 0.05) is 10.6 Å². The average molecular weight is 455 g/mol. The van der Waals surface area contributed by atoms with Crippen LogP contribution in [0.1, 0.15) is 10.4 Å². The van der Waals surface area contributed by atoms with E-state index in [1.807, 2.05) is 30.5 Å². The smallest absolute Gasteiger partial charge is 0.282 e. The molecule has 0 atom stereocenters. The lowest BCUT2D eigenvalue weighted by Gasteiger charge is -2.19. The minimum Gasteiger partial charge on any atom is -0.495 e. The first-order valence-electron chi connectivity index (χ1n) is 9.36. The molecule has 1 aliphatic heterocycles. The maximum atomic E-state index is 13.5. The number of thiophene rings is 1. The van der Waals surface area contributed by atoms with E-state index in [4.69, 9.17) is 21.1 Å². The molecule has 4 rings (SSSR count). The highest BCUT2D eigenvalue weighted by Crippen LogP contribution is 2.39. The Balaban J connectivity index is 1.81. The summed E-state index contributed by atoms with van der Waals surface area (Å²) in [4.78, 5) is 28.8. The lowest BCUT2D eigenvalue weighted by molar-refractivity contribution is -0.120. The van der Waals surface area contributed by atoms with Gasteiger partial charge < -0.3 is 14.8 Å². The van der Waals surface area contributed by atoms with Crippen LogP contribution in [0.4, 0.5) is 11.4 Å². The van der Waals surface area contributed by atoms with Crippen molar-refractivity contribution in [1.29, 1.82) is 0 Å². The summed E-state index contributed by atoms with van der Waals surface area (Å²) in [6.07, 6.45) is 0. The molecule has 1 aromatic heterocycles. The van der Waals surface area contributed by atoms with Crippen molar-refractivity contribution in [2.45, 2.75) is 6.92 Å². The minimum atomic E-state index is -0.468. The fraction of sp³-hybridized carbons (Fsp3) is 0.130. The number of carbonyl (C=O) groups is 2. The van der Waals surface area contributed by atoms with Crippen LogP contribution in [-0.2, 0) is 9.59 Å². The third-order valence-corrected chi connectivity index (χ3v) is 6.03. The molecule has 0 saturated carbocycles. The van der Waals surface area contributed by atoms with Crippen LogP contribution in [0.3, 0.4) is 0 Å². The third kappa shape index (κ3) is 3.78. The summed E-state index contributed by atoms with van der Waals surface area (Å²) in [5.41, 5.74) is 2.34. The Morgan fingerprint density at radius 2 is 1.71 bits per heavy atom. The molecule has 0 aliphatic carbocycles. The zero-order chi connectivity index (χ0) is 22.1. The highest BCUT2D eigenvalue weighted by Gasteiger charge is 2.42. The fourth-order valence-corrected chi connectivity index (χ4v) is 4.40. The zero-order valence-electron chi connectivity index (χ0n) is 17.1. The minimum absolute atomic E-state index is 0.178. The zero-order valence-corrected chi connectivity index (χ0v) is 18.6. The van der Waals surface area contributed by atoms with Crippen molar-refractivity contribution in [3.8, 4) is 11.5 Å². The molecule has 2 aromatic carbocycles. The first-order chi connectivity index (χ1) is 14.9. The van der Waals surface area contributed by atoms with E-state index in [0.717, 1.165) is 10.5 Å². The Kier molecular flexibility index (Phi) is 5.71. The number of halogens is 1. The van der Waals surface area contributed by atoms with Crippen molar-refractivity contribution in [2.75, 3.05) is 24.4 Å². The number of nitrogens with one attached hydrogen (secondary N) is 1. The van der Waals surface area contributed by atoms with Gasteiger partial charge in [-0.2, -0.15) is 0 Å². The molecule has 158 valence electrons.